The molecule has 0 unspecified atom stereocenters. The van der Waals surface area contributed by atoms with Crippen molar-refractivity contribution >= 4 is 11.9 Å². The lowest BCUT2D eigenvalue weighted by atomic mass is 10.2. The first-order valence-electron chi connectivity index (χ1n) is 7.23. The molecule has 0 saturated carbocycles. The average molecular weight is 343 g/mol. The third-order valence-electron chi connectivity index (χ3n) is 3.35. The van der Waals surface area contributed by atoms with Gasteiger partial charge in [0.1, 0.15) is 17.3 Å². The van der Waals surface area contributed by atoms with E-state index in [0.717, 1.165) is 0 Å². The van der Waals surface area contributed by atoms with Gasteiger partial charge in [0.15, 0.2) is 0 Å². The number of benzene rings is 2. The minimum atomic E-state index is -0.466. The maximum absolute atomic E-state index is 12.9. The van der Waals surface area contributed by atoms with Crippen LogP contribution in [0.1, 0.15) is 10.4 Å². The van der Waals surface area contributed by atoms with Crippen LogP contribution in [0, 0.1) is 5.82 Å². The summed E-state index contributed by atoms with van der Waals surface area (Å²) in [4.78, 5) is 12.3. The van der Waals surface area contributed by atoms with Crippen molar-refractivity contribution in [3.05, 3.63) is 53.8 Å². The van der Waals surface area contributed by atoms with Gasteiger partial charge in [0.25, 0.3) is 5.91 Å². The first-order valence-corrected chi connectivity index (χ1v) is 7.23. The van der Waals surface area contributed by atoms with E-state index >= 15 is 0 Å². The summed E-state index contributed by atoms with van der Waals surface area (Å²) >= 11 is 0. The molecule has 0 saturated heterocycles. The molecule has 0 radical (unpaired) electrons. The predicted octanol–water partition coefficient (Wildman–Crippen LogP) is 3.15. The number of carbonyl (C=O) groups is 1. The van der Waals surface area contributed by atoms with Crippen molar-refractivity contribution in [2.45, 2.75) is 0 Å². The fraction of sp³-hybridized carbons (Fsp3) is 0.118. The summed E-state index contributed by atoms with van der Waals surface area (Å²) in [6, 6.07) is 10.2. The molecular formula is C17H14FN3O4. The fourth-order valence-corrected chi connectivity index (χ4v) is 2.09. The second-order valence-electron chi connectivity index (χ2n) is 4.97. The summed E-state index contributed by atoms with van der Waals surface area (Å²) < 4.78 is 28.6. The lowest BCUT2D eigenvalue weighted by Gasteiger charge is -2.07. The van der Waals surface area contributed by atoms with Crippen LogP contribution in [0.25, 0.3) is 11.5 Å². The molecule has 1 aromatic heterocycles. The minimum Gasteiger partial charge on any atom is -0.497 e. The van der Waals surface area contributed by atoms with Crippen LogP contribution in [0.4, 0.5) is 10.4 Å². The van der Waals surface area contributed by atoms with E-state index < -0.39 is 5.91 Å². The SMILES string of the molecule is COc1cc(OC)cc(C(=O)Nc2nnc(-c3ccc(F)cc3)o2)c1. The van der Waals surface area contributed by atoms with Crippen LogP contribution in [0.5, 0.6) is 11.5 Å². The Morgan fingerprint density at radius 2 is 1.68 bits per heavy atom. The van der Waals surface area contributed by atoms with Gasteiger partial charge in [-0.15, -0.1) is 5.10 Å². The number of aromatic nitrogens is 2. The van der Waals surface area contributed by atoms with Gasteiger partial charge in [-0.2, -0.15) is 0 Å². The molecule has 3 rings (SSSR count). The Hall–Kier alpha value is -3.42. The molecule has 0 bridgehead atoms. The minimum absolute atomic E-state index is 0.0777. The number of ether oxygens (including phenoxy) is 2. The molecule has 25 heavy (non-hydrogen) atoms. The zero-order valence-corrected chi connectivity index (χ0v) is 13.4. The van der Waals surface area contributed by atoms with Gasteiger partial charge in [0.05, 0.1) is 14.2 Å². The summed E-state index contributed by atoms with van der Waals surface area (Å²) in [5.41, 5.74) is 0.843. The average Bonchev–Trinajstić information content (AvgIpc) is 3.10. The van der Waals surface area contributed by atoms with Crippen molar-refractivity contribution in [3.8, 4) is 23.0 Å². The maximum Gasteiger partial charge on any atom is 0.322 e. The van der Waals surface area contributed by atoms with Crippen LogP contribution in [-0.4, -0.2) is 30.3 Å². The number of amides is 1. The highest BCUT2D eigenvalue weighted by Crippen LogP contribution is 2.24. The first-order chi connectivity index (χ1) is 12.1. The summed E-state index contributed by atoms with van der Waals surface area (Å²) in [5.74, 6) is 0.276. The van der Waals surface area contributed by atoms with E-state index in [1.54, 1.807) is 18.2 Å². The van der Waals surface area contributed by atoms with E-state index in [-0.39, 0.29) is 17.7 Å². The van der Waals surface area contributed by atoms with Crippen molar-refractivity contribution in [1.82, 2.24) is 10.2 Å². The smallest absolute Gasteiger partial charge is 0.322 e. The second-order valence-corrected chi connectivity index (χ2v) is 4.97. The van der Waals surface area contributed by atoms with Crippen molar-refractivity contribution in [3.63, 3.8) is 0 Å². The van der Waals surface area contributed by atoms with Crippen molar-refractivity contribution < 1.29 is 23.1 Å². The van der Waals surface area contributed by atoms with Crippen LogP contribution in [-0.2, 0) is 0 Å². The molecule has 1 amide bonds. The number of carbonyl (C=O) groups excluding carboxylic acids is 1. The summed E-state index contributed by atoms with van der Waals surface area (Å²) in [6.45, 7) is 0. The molecule has 0 aliphatic heterocycles. The Balaban J connectivity index is 1.79. The predicted molar refractivity (Wildman–Crippen MR) is 87.2 cm³/mol. The van der Waals surface area contributed by atoms with E-state index in [1.165, 1.54) is 38.5 Å². The molecule has 2 aromatic carbocycles. The summed E-state index contributed by atoms with van der Waals surface area (Å²) in [7, 11) is 2.98. The molecule has 0 spiro atoms. The van der Waals surface area contributed by atoms with Crippen LogP contribution >= 0.6 is 0 Å². The van der Waals surface area contributed by atoms with Gasteiger partial charge in [-0.25, -0.2) is 4.39 Å². The van der Waals surface area contributed by atoms with Gasteiger partial charge in [-0.05, 0) is 36.4 Å². The molecular weight excluding hydrogens is 329 g/mol. The Bertz CT molecular complexity index is 871. The Kier molecular flexibility index (Phi) is 4.60. The molecule has 0 fully saturated rings. The van der Waals surface area contributed by atoms with E-state index in [1.807, 2.05) is 0 Å². The van der Waals surface area contributed by atoms with Crippen LogP contribution in [0.2, 0.25) is 0 Å². The molecule has 0 atom stereocenters. The highest BCUT2D eigenvalue weighted by atomic mass is 19.1. The number of hydrogen-bond donors (Lipinski definition) is 1. The van der Waals surface area contributed by atoms with Crippen molar-refractivity contribution in [2.75, 3.05) is 19.5 Å². The van der Waals surface area contributed by atoms with E-state index in [0.29, 0.717) is 22.6 Å². The molecule has 7 nitrogen and oxygen atoms in total. The number of halogens is 1. The van der Waals surface area contributed by atoms with Crippen molar-refractivity contribution in [1.29, 1.82) is 0 Å². The third-order valence-corrected chi connectivity index (χ3v) is 3.35. The highest BCUT2D eigenvalue weighted by molar-refractivity contribution is 6.03. The van der Waals surface area contributed by atoms with Gasteiger partial charge in [0.2, 0.25) is 5.89 Å². The number of nitrogens with zero attached hydrogens (tertiary/aromatic N) is 2. The number of hydrogen-bond acceptors (Lipinski definition) is 6. The fourth-order valence-electron chi connectivity index (χ4n) is 2.09. The lowest BCUT2D eigenvalue weighted by molar-refractivity contribution is 0.102. The number of methoxy groups -OCH3 is 2. The van der Waals surface area contributed by atoms with Crippen LogP contribution < -0.4 is 14.8 Å². The van der Waals surface area contributed by atoms with E-state index in [2.05, 4.69) is 15.5 Å². The van der Waals surface area contributed by atoms with Crippen molar-refractivity contribution in [2.24, 2.45) is 0 Å². The topological polar surface area (TPSA) is 86.5 Å². The van der Waals surface area contributed by atoms with Gasteiger partial charge in [-0.1, -0.05) is 5.10 Å². The van der Waals surface area contributed by atoms with Gasteiger partial charge in [-0.3, -0.25) is 10.1 Å². The zero-order chi connectivity index (χ0) is 17.8. The largest absolute Gasteiger partial charge is 0.497 e. The van der Waals surface area contributed by atoms with Gasteiger partial charge >= 0.3 is 6.01 Å². The number of rotatable bonds is 5. The molecule has 8 heteroatoms. The molecule has 1 N–H and O–H groups in total. The van der Waals surface area contributed by atoms with Crippen LogP contribution in [0.15, 0.2) is 46.9 Å². The highest BCUT2D eigenvalue weighted by Gasteiger charge is 2.14. The zero-order valence-electron chi connectivity index (χ0n) is 13.4. The maximum atomic E-state index is 12.9. The van der Waals surface area contributed by atoms with Crippen LogP contribution in [0.3, 0.4) is 0 Å². The lowest BCUT2D eigenvalue weighted by Crippen LogP contribution is -2.12. The number of anilines is 1. The summed E-state index contributed by atoms with van der Waals surface area (Å²) in [6.07, 6.45) is 0. The molecule has 0 aliphatic rings. The second kappa shape index (κ2) is 7.00. The molecule has 128 valence electrons. The number of nitrogens with one attached hydrogen (secondary N) is 1. The third kappa shape index (κ3) is 3.74. The van der Waals surface area contributed by atoms with E-state index in [9.17, 15) is 9.18 Å². The standard InChI is InChI=1S/C17H14FN3O4/c1-23-13-7-11(8-14(9-13)24-2)15(22)19-17-21-20-16(25-17)10-3-5-12(18)6-4-10/h3-9H,1-2H3,(H,19,21,22). The first kappa shape index (κ1) is 16.4. The quantitative estimate of drug-likeness (QED) is 0.766. The Morgan fingerprint density at radius 3 is 2.28 bits per heavy atom. The van der Waals surface area contributed by atoms with Gasteiger partial charge in [0, 0.05) is 17.2 Å². The monoisotopic (exact) mass is 343 g/mol. The molecule has 0 aliphatic carbocycles. The van der Waals surface area contributed by atoms with E-state index in [4.69, 9.17) is 13.9 Å². The van der Waals surface area contributed by atoms with Gasteiger partial charge < -0.3 is 13.9 Å². The summed E-state index contributed by atoms with van der Waals surface area (Å²) in [5, 5.41) is 10.1. The molecule has 1 heterocycles. The Labute approximate surface area is 142 Å². The Morgan fingerprint density at radius 1 is 1.04 bits per heavy atom. The normalized spacial score (nSPS) is 10.4. The molecule has 3 aromatic rings.